The first-order chi connectivity index (χ1) is 7.31. The lowest BCUT2D eigenvalue weighted by molar-refractivity contribution is -0.175. The molecule has 0 spiro atoms. The lowest BCUT2D eigenvalue weighted by Gasteiger charge is -2.23. The van der Waals surface area contributed by atoms with Crippen molar-refractivity contribution in [1.82, 2.24) is 6.15 Å². The molecule has 0 fully saturated rings. The van der Waals surface area contributed by atoms with Crippen molar-refractivity contribution in [1.29, 1.82) is 0 Å². The summed E-state index contributed by atoms with van der Waals surface area (Å²) in [6.07, 6.45) is -7.94. The van der Waals surface area contributed by atoms with Crippen molar-refractivity contribution in [3.63, 3.8) is 0 Å². The number of aliphatic hydroxyl groups excluding tert-OH is 5. The van der Waals surface area contributed by atoms with Crippen molar-refractivity contribution in [2.24, 2.45) is 0 Å². The van der Waals surface area contributed by atoms with Crippen LogP contribution < -0.4 is 6.15 Å². The summed E-state index contributed by atoms with van der Waals surface area (Å²) < 4.78 is 3.95. The third kappa shape index (κ3) is 5.68. The molecule has 9 nitrogen and oxygen atoms in total. The summed E-state index contributed by atoms with van der Waals surface area (Å²) in [6.45, 7) is 0.0443. The van der Waals surface area contributed by atoms with Crippen LogP contribution in [0.5, 0.6) is 0 Å². The van der Waals surface area contributed by atoms with Gasteiger partial charge in [0.25, 0.3) is 0 Å². The molecule has 17 heavy (non-hydrogen) atoms. The van der Waals surface area contributed by atoms with Crippen LogP contribution in [-0.4, -0.2) is 68.5 Å². The number of carbonyl (C=O) groups is 2. The molecule has 9 heteroatoms. The number of hydrogen-bond acceptors (Lipinski definition) is 9. The maximum absolute atomic E-state index is 10.9. The van der Waals surface area contributed by atoms with Gasteiger partial charge in [-0.25, -0.2) is 4.79 Å². The van der Waals surface area contributed by atoms with Crippen LogP contribution in [0.1, 0.15) is 6.92 Å². The SMILES string of the molecule is CC(=O)OC(=O)[C@H](O)[C@@H](O)[C@H](O)[C@H](O)CO.N. The van der Waals surface area contributed by atoms with E-state index in [9.17, 15) is 14.7 Å². The number of ether oxygens (including phenoxy) is 1. The summed E-state index contributed by atoms with van der Waals surface area (Å²) >= 11 is 0. The predicted molar refractivity (Wildman–Crippen MR) is 52.9 cm³/mol. The molecule has 0 aromatic heterocycles. The molecule has 0 amide bonds. The van der Waals surface area contributed by atoms with Gasteiger partial charge in [0.05, 0.1) is 6.61 Å². The van der Waals surface area contributed by atoms with Crippen molar-refractivity contribution < 1.29 is 39.9 Å². The van der Waals surface area contributed by atoms with Gasteiger partial charge in [0.2, 0.25) is 0 Å². The van der Waals surface area contributed by atoms with Gasteiger partial charge in [-0.2, -0.15) is 0 Å². The Labute approximate surface area is 96.8 Å². The van der Waals surface area contributed by atoms with E-state index in [1.165, 1.54) is 0 Å². The zero-order valence-corrected chi connectivity index (χ0v) is 9.18. The zero-order chi connectivity index (χ0) is 12.9. The Morgan fingerprint density at radius 3 is 1.94 bits per heavy atom. The monoisotopic (exact) mass is 255 g/mol. The highest BCUT2D eigenvalue weighted by molar-refractivity contribution is 5.87. The van der Waals surface area contributed by atoms with E-state index >= 15 is 0 Å². The van der Waals surface area contributed by atoms with Gasteiger partial charge < -0.3 is 36.4 Å². The first kappa shape index (κ1) is 18.3. The fourth-order valence-corrected chi connectivity index (χ4v) is 0.864. The lowest BCUT2D eigenvalue weighted by atomic mass is 10.0. The van der Waals surface area contributed by atoms with Crippen LogP contribution in [0.3, 0.4) is 0 Å². The minimum absolute atomic E-state index is 0. The molecule has 0 aromatic rings. The van der Waals surface area contributed by atoms with Crippen molar-refractivity contribution in [3.05, 3.63) is 0 Å². The van der Waals surface area contributed by atoms with Gasteiger partial charge in [-0.05, 0) is 0 Å². The second-order valence-corrected chi connectivity index (χ2v) is 3.09. The number of esters is 2. The van der Waals surface area contributed by atoms with Gasteiger partial charge in [0.1, 0.15) is 18.3 Å². The Morgan fingerprint density at radius 2 is 1.59 bits per heavy atom. The van der Waals surface area contributed by atoms with E-state index in [4.69, 9.17) is 20.4 Å². The summed E-state index contributed by atoms with van der Waals surface area (Å²) in [5, 5.41) is 44.8. The second kappa shape index (κ2) is 8.06. The van der Waals surface area contributed by atoms with E-state index < -0.39 is 43.0 Å². The minimum atomic E-state index is -2.19. The molecule has 0 aliphatic heterocycles. The van der Waals surface area contributed by atoms with Crippen molar-refractivity contribution in [2.75, 3.05) is 6.61 Å². The van der Waals surface area contributed by atoms with Crippen molar-refractivity contribution in [3.8, 4) is 0 Å². The highest BCUT2D eigenvalue weighted by Crippen LogP contribution is 2.06. The molecule has 0 radical (unpaired) electrons. The van der Waals surface area contributed by atoms with Crippen LogP contribution in [-0.2, 0) is 14.3 Å². The molecule has 0 heterocycles. The largest absolute Gasteiger partial charge is 0.394 e. The quantitative estimate of drug-likeness (QED) is 0.216. The summed E-state index contributed by atoms with van der Waals surface area (Å²) in [7, 11) is 0. The van der Waals surface area contributed by atoms with Gasteiger partial charge >= 0.3 is 11.9 Å². The van der Waals surface area contributed by atoms with Gasteiger partial charge in [-0.15, -0.1) is 0 Å². The maximum Gasteiger partial charge on any atom is 0.345 e. The molecule has 0 aliphatic rings. The molecule has 0 aromatic carbocycles. The van der Waals surface area contributed by atoms with E-state index in [-0.39, 0.29) is 6.15 Å². The van der Waals surface area contributed by atoms with Gasteiger partial charge in [0.15, 0.2) is 6.10 Å². The lowest BCUT2D eigenvalue weighted by Crippen LogP contribution is -2.49. The summed E-state index contributed by atoms with van der Waals surface area (Å²) in [4.78, 5) is 21.3. The van der Waals surface area contributed by atoms with E-state index in [0.29, 0.717) is 0 Å². The predicted octanol–water partition coefficient (Wildman–Crippen LogP) is -3.33. The topological polar surface area (TPSA) is 180 Å². The minimum Gasteiger partial charge on any atom is -0.394 e. The fourth-order valence-electron chi connectivity index (χ4n) is 0.864. The highest BCUT2D eigenvalue weighted by Gasteiger charge is 2.35. The van der Waals surface area contributed by atoms with E-state index in [0.717, 1.165) is 6.92 Å². The van der Waals surface area contributed by atoms with E-state index in [1.807, 2.05) is 0 Å². The number of hydrogen-bond donors (Lipinski definition) is 6. The third-order valence-corrected chi connectivity index (χ3v) is 1.74. The Kier molecular flexibility index (Phi) is 8.66. The Hall–Kier alpha value is -1.10. The number of aliphatic hydroxyl groups is 5. The molecule has 102 valence electrons. The normalized spacial score (nSPS) is 17.3. The molecule has 0 aliphatic carbocycles. The Morgan fingerprint density at radius 1 is 1.12 bits per heavy atom. The molecule has 4 atom stereocenters. The van der Waals surface area contributed by atoms with Crippen molar-refractivity contribution >= 4 is 11.9 Å². The molecular weight excluding hydrogens is 238 g/mol. The molecule has 8 N–H and O–H groups in total. The van der Waals surface area contributed by atoms with Crippen LogP contribution >= 0.6 is 0 Å². The van der Waals surface area contributed by atoms with E-state index in [1.54, 1.807) is 0 Å². The molecule has 0 rings (SSSR count). The molecular formula is C8H17NO8. The zero-order valence-electron chi connectivity index (χ0n) is 9.18. The standard InChI is InChI=1S/C8H14O8.H3N/c1-3(10)16-8(15)7(14)6(13)5(12)4(11)2-9;/h4-7,9,11-14H,2H2,1H3;1H3/t4-,5-,6+,7-;/m1./s1. The van der Waals surface area contributed by atoms with Crippen LogP contribution in [0.15, 0.2) is 0 Å². The van der Waals surface area contributed by atoms with Crippen LogP contribution in [0.2, 0.25) is 0 Å². The first-order valence-electron chi connectivity index (χ1n) is 4.36. The smallest absolute Gasteiger partial charge is 0.345 e. The van der Waals surface area contributed by atoms with Crippen LogP contribution in [0.4, 0.5) is 0 Å². The van der Waals surface area contributed by atoms with Crippen LogP contribution in [0, 0.1) is 0 Å². The third-order valence-electron chi connectivity index (χ3n) is 1.74. The van der Waals surface area contributed by atoms with Gasteiger partial charge in [-0.1, -0.05) is 0 Å². The maximum atomic E-state index is 10.9. The molecule has 0 saturated heterocycles. The average molecular weight is 255 g/mol. The molecule has 0 bridgehead atoms. The first-order valence-corrected chi connectivity index (χ1v) is 4.36. The molecule has 0 unspecified atom stereocenters. The van der Waals surface area contributed by atoms with Gasteiger partial charge in [-0.3, -0.25) is 4.79 Å². The van der Waals surface area contributed by atoms with Crippen LogP contribution in [0.25, 0.3) is 0 Å². The fraction of sp³-hybridized carbons (Fsp3) is 0.750. The Bertz CT molecular complexity index is 258. The summed E-state index contributed by atoms with van der Waals surface area (Å²) in [6, 6.07) is 0. The second-order valence-electron chi connectivity index (χ2n) is 3.09. The average Bonchev–Trinajstić information content (AvgIpc) is 2.23. The van der Waals surface area contributed by atoms with E-state index in [2.05, 4.69) is 4.74 Å². The summed E-state index contributed by atoms with van der Waals surface area (Å²) in [5.41, 5.74) is 0. The van der Waals surface area contributed by atoms with Crippen molar-refractivity contribution in [2.45, 2.75) is 31.3 Å². The number of carbonyl (C=O) groups excluding carboxylic acids is 2. The highest BCUT2D eigenvalue weighted by atomic mass is 16.6. The summed E-state index contributed by atoms with van der Waals surface area (Å²) in [5.74, 6) is -2.45. The molecule has 0 saturated carbocycles. The Balaban J connectivity index is 0. The number of rotatable bonds is 5. The van der Waals surface area contributed by atoms with Gasteiger partial charge in [0, 0.05) is 6.92 Å².